The molecule has 6 rings (SSSR count). The number of ether oxygens (including phenoxy) is 1. The van der Waals surface area contributed by atoms with Crippen molar-refractivity contribution < 1.29 is 4.74 Å². The van der Waals surface area contributed by atoms with Gasteiger partial charge in [-0.2, -0.15) is 0 Å². The van der Waals surface area contributed by atoms with Crippen molar-refractivity contribution in [3.63, 3.8) is 0 Å². The van der Waals surface area contributed by atoms with E-state index in [-0.39, 0.29) is 5.43 Å². The summed E-state index contributed by atoms with van der Waals surface area (Å²) in [6, 6.07) is 19.8. The van der Waals surface area contributed by atoms with Crippen molar-refractivity contribution in [1.82, 2.24) is 19.9 Å². The predicted molar refractivity (Wildman–Crippen MR) is 129 cm³/mol. The van der Waals surface area contributed by atoms with Crippen molar-refractivity contribution >= 4 is 27.8 Å². The standard InChI is InChI=1S/C26H21N5O2/c32-25-21(31-11-13-33-14-12-31)16-28-26-24(25)29-23(22(30-26)17-5-2-1-3-6-17)19-8-9-20-18(15-19)7-4-10-27-20/h1-10,15-16H,11-14H2,(H,28,30,32). The molecule has 2 aromatic carbocycles. The predicted octanol–water partition coefficient (Wildman–Crippen LogP) is 4.04. The second-order valence-corrected chi connectivity index (χ2v) is 8.00. The Bertz CT molecular complexity index is 1530. The van der Waals surface area contributed by atoms with Crippen molar-refractivity contribution in [2.24, 2.45) is 0 Å². The lowest BCUT2D eigenvalue weighted by molar-refractivity contribution is 0.122. The lowest BCUT2D eigenvalue weighted by Crippen LogP contribution is -2.39. The normalized spacial score (nSPS) is 14.1. The minimum Gasteiger partial charge on any atom is -0.378 e. The number of anilines is 1. The molecule has 0 amide bonds. The first-order chi connectivity index (χ1) is 16.3. The molecule has 1 aliphatic heterocycles. The van der Waals surface area contributed by atoms with E-state index in [1.807, 2.05) is 65.6 Å². The molecule has 0 saturated carbocycles. The van der Waals surface area contributed by atoms with Gasteiger partial charge in [0.05, 0.1) is 30.1 Å². The zero-order valence-corrected chi connectivity index (χ0v) is 17.9. The van der Waals surface area contributed by atoms with Gasteiger partial charge in [-0.25, -0.2) is 9.97 Å². The van der Waals surface area contributed by atoms with Crippen LogP contribution in [0, 0.1) is 0 Å². The van der Waals surface area contributed by atoms with Gasteiger partial charge in [-0.15, -0.1) is 0 Å². The largest absolute Gasteiger partial charge is 0.378 e. The van der Waals surface area contributed by atoms with Crippen LogP contribution in [0.1, 0.15) is 0 Å². The van der Waals surface area contributed by atoms with Crippen LogP contribution in [0.25, 0.3) is 44.6 Å². The van der Waals surface area contributed by atoms with E-state index in [1.165, 1.54) is 0 Å². The monoisotopic (exact) mass is 435 g/mol. The van der Waals surface area contributed by atoms with Crippen LogP contribution in [-0.2, 0) is 4.74 Å². The summed E-state index contributed by atoms with van der Waals surface area (Å²) in [6.45, 7) is 2.56. The van der Waals surface area contributed by atoms with Crippen LogP contribution in [0.4, 0.5) is 5.69 Å². The van der Waals surface area contributed by atoms with Gasteiger partial charge in [0.2, 0.25) is 5.43 Å². The second-order valence-electron chi connectivity index (χ2n) is 8.00. The zero-order valence-electron chi connectivity index (χ0n) is 17.9. The Morgan fingerprint density at radius 1 is 0.879 bits per heavy atom. The highest BCUT2D eigenvalue weighted by molar-refractivity contribution is 5.90. The number of fused-ring (bicyclic) bond motifs is 2. The van der Waals surface area contributed by atoms with Gasteiger partial charge in [-0.3, -0.25) is 9.78 Å². The van der Waals surface area contributed by atoms with Crippen LogP contribution in [0.3, 0.4) is 0 Å². The maximum absolute atomic E-state index is 13.5. The van der Waals surface area contributed by atoms with Gasteiger partial charge in [0, 0.05) is 42.0 Å². The maximum Gasteiger partial charge on any atom is 0.232 e. The molecule has 0 spiro atoms. The van der Waals surface area contributed by atoms with Crippen molar-refractivity contribution in [2.45, 2.75) is 0 Å². The zero-order chi connectivity index (χ0) is 22.2. The average Bonchev–Trinajstić information content (AvgIpc) is 2.89. The molecule has 4 heterocycles. The molecule has 5 aromatic rings. The van der Waals surface area contributed by atoms with E-state index >= 15 is 0 Å². The number of hydrogen-bond donors (Lipinski definition) is 1. The quantitative estimate of drug-likeness (QED) is 0.461. The maximum atomic E-state index is 13.5. The number of aromatic nitrogens is 4. The molecule has 1 N–H and O–H groups in total. The summed E-state index contributed by atoms with van der Waals surface area (Å²) < 4.78 is 5.44. The SMILES string of the molecule is O=c1c(N2CCOCC2)c[nH]c2nc(-c3ccccc3)c(-c3ccc4ncccc4c3)nc12. The summed E-state index contributed by atoms with van der Waals surface area (Å²) in [5, 5.41) is 1.01. The number of H-pyrrole nitrogens is 1. The minimum atomic E-state index is -0.124. The summed E-state index contributed by atoms with van der Waals surface area (Å²) >= 11 is 0. The second kappa shape index (κ2) is 8.11. The smallest absolute Gasteiger partial charge is 0.232 e. The number of rotatable bonds is 3. The molecular formula is C26H21N5O2. The molecule has 7 heteroatoms. The first-order valence-corrected chi connectivity index (χ1v) is 10.9. The lowest BCUT2D eigenvalue weighted by atomic mass is 10.0. The Labute approximate surface area is 189 Å². The first-order valence-electron chi connectivity index (χ1n) is 10.9. The van der Waals surface area contributed by atoms with Crippen LogP contribution in [0.5, 0.6) is 0 Å². The molecule has 1 saturated heterocycles. The molecule has 162 valence electrons. The minimum absolute atomic E-state index is 0.124. The first kappa shape index (κ1) is 19.6. The lowest BCUT2D eigenvalue weighted by Gasteiger charge is -2.28. The molecule has 0 aliphatic carbocycles. The molecule has 0 unspecified atom stereocenters. The van der Waals surface area contributed by atoms with Gasteiger partial charge in [-0.1, -0.05) is 42.5 Å². The van der Waals surface area contributed by atoms with E-state index in [9.17, 15) is 4.79 Å². The molecule has 0 atom stereocenters. The van der Waals surface area contributed by atoms with E-state index in [2.05, 4.69) is 9.97 Å². The van der Waals surface area contributed by atoms with E-state index in [0.717, 1.165) is 27.7 Å². The van der Waals surface area contributed by atoms with Gasteiger partial charge < -0.3 is 14.6 Å². The summed E-state index contributed by atoms with van der Waals surface area (Å²) in [7, 11) is 0. The Morgan fingerprint density at radius 3 is 2.55 bits per heavy atom. The molecule has 33 heavy (non-hydrogen) atoms. The summed E-state index contributed by atoms with van der Waals surface area (Å²) in [6.07, 6.45) is 3.51. The van der Waals surface area contributed by atoms with Gasteiger partial charge in [0.25, 0.3) is 0 Å². The Balaban J connectivity index is 1.60. The van der Waals surface area contributed by atoms with Crippen LogP contribution in [0.15, 0.2) is 77.9 Å². The molecular weight excluding hydrogens is 414 g/mol. The van der Waals surface area contributed by atoms with Gasteiger partial charge in [0.1, 0.15) is 5.69 Å². The van der Waals surface area contributed by atoms with Crippen LogP contribution in [0.2, 0.25) is 0 Å². The fourth-order valence-corrected chi connectivity index (χ4v) is 4.28. The van der Waals surface area contributed by atoms with E-state index < -0.39 is 0 Å². The number of aromatic amines is 1. The van der Waals surface area contributed by atoms with Crippen molar-refractivity contribution in [3.8, 4) is 22.5 Å². The van der Waals surface area contributed by atoms with E-state index in [1.54, 1.807) is 12.4 Å². The number of pyridine rings is 2. The highest BCUT2D eigenvalue weighted by atomic mass is 16.5. The molecule has 1 aliphatic rings. The molecule has 1 fully saturated rings. The topological polar surface area (TPSA) is 84.0 Å². The number of morpholine rings is 1. The fourth-order valence-electron chi connectivity index (χ4n) is 4.28. The molecule has 7 nitrogen and oxygen atoms in total. The third-order valence-corrected chi connectivity index (χ3v) is 5.96. The van der Waals surface area contributed by atoms with Gasteiger partial charge in [0.15, 0.2) is 11.2 Å². The van der Waals surface area contributed by atoms with Crippen molar-refractivity contribution in [3.05, 3.63) is 83.3 Å². The number of benzene rings is 2. The highest BCUT2D eigenvalue weighted by Crippen LogP contribution is 2.31. The summed E-state index contributed by atoms with van der Waals surface area (Å²) in [4.78, 5) is 32.9. The Kier molecular flexibility index (Phi) is 4.81. The number of hydrogen-bond acceptors (Lipinski definition) is 6. The molecule has 0 radical (unpaired) electrons. The molecule has 0 bridgehead atoms. The summed E-state index contributed by atoms with van der Waals surface area (Å²) in [5.74, 6) is 0. The number of nitrogens with zero attached hydrogens (tertiary/aromatic N) is 4. The third-order valence-electron chi connectivity index (χ3n) is 5.96. The Hall–Kier alpha value is -4.10. The summed E-state index contributed by atoms with van der Waals surface area (Å²) in [5.41, 5.74) is 5.41. The van der Waals surface area contributed by atoms with Crippen LogP contribution < -0.4 is 10.3 Å². The Morgan fingerprint density at radius 2 is 1.70 bits per heavy atom. The van der Waals surface area contributed by atoms with E-state index in [4.69, 9.17) is 14.7 Å². The average molecular weight is 435 g/mol. The number of nitrogens with one attached hydrogen (secondary N) is 1. The van der Waals surface area contributed by atoms with Crippen LogP contribution in [-0.4, -0.2) is 46.2 Å². The van der Waals surface area contributed by atoms with Gasteiger partial charge >= 0.3 is 0 Å². The van der Waals surface area contributed by atoms with Gasteiger partial charge in [-0.05, 0) is 18.2 Å². The van der Waals surface area contributed by atoms with Crippen molar-refractivity contribution in [2.75, 3.05) is 31.2 Å². The fraction of sp³-hybridized carbons (Fsp3) is 0.154. The van der Waals surface area contributed by atoms with E-state index in [0.29, 0.717) is 48.8 Å². The highest BCUT2D eigenvalue weighted by Gasteiger charge is 2.20. The molecule has 3 aromatic heterocycles. The van der Waals surface area contributed by atoms with Crippen molar-refractivity contribution in [1.29, 1.82) is 0 Å². The van der Waals surface area contributed by atoms with Crippen LogP contribution >= 0.6 is 0 Å². The third kappa shape index (κ3) is 3.52.